The van der Waals surface area contributed by atoms with Crippen LogP contribution in [0.2, 0.25) is 0 Å². The van der Waals surface area contributed by atoms with E-state index in [0.29, 0.717) is 19.4 Å². The zero-order chi connectivity index (χ0) is 21.8. The molecule has 5 nitrogen and oxygen atoms in total. The van der Waals surface area contributed by atoms with Crippen LogP contribution < -0.4 is 4.90 Å². The molecule has 3 rings (SSSR count). The lowest BCUT2D eigenvalue weighted by Crippen LogP contribution is -2.27. The number of benzene rings is 2. The van der Waals surface area contributed by atoms with Gasteiger partial charge in [-0.15, -0.1) is 0 Å². The van der Waals surface area contributed by atoms with Crippen molar-refractivity contribution in [3.05, 3.63) is 78.0 Å². The smallest absolute Gasteiger partial charge is 0.264 e. The highest BCUT2D eigenvalue weighted by molar-refractivity contribution is 7.85. The topological polar surface area (TPSA) is 74.7 Å². The number of aldehydes is 1. The zero-order valence-corrected chi connectivity index (χ0v) is 18.1. The first-order valence-corrected chi connectivity index (χ1v) is 11.6. The summed E-state index contributed by atoms with van der Waals surface area (Å²) in [6.45, 7) is 5.03. The highest BCUT2D eigenvalue weighted by Crippen LogP contribution is 2.50. The van der Waals surface area contributed by atoms with E-state index in [4.69, 9.17) is 4.55 Å². The van der Waals surface area contributed by atoms with Crippen molar-refractivity contribution in [1.29, 1.82) is 0 Å². The molecule has 0 saturated carbocycles. The summed E-state index contributed by atoms with van der Waals surface area (Å²) < 4.78 is 31.1. The Hall–Kier alpha value is -2.70. The quantitative estimate of drug-likeness (QED) is 0.216. The van der Waals surface area contributed by atoms with Crippen LogP contribution in [0, 0.1) is 0 Å². The van der Waals surface area contributed by atoms with Crippen molar-refractivity contribution in [3.63, 3.8) is 0 Å². The fourth-order valence-corrected chi connectivity index (χ4v) is 4.72. The maximum Gasteiger partial charge on any atom is 0.264 e. The number of rotatable bonds is 8. The first kappa shape index (κ1) is 22.0. The lowest BCUT2D eigenvalue weighted by Gasteiger charge is -2.27. The van der Waals surface area contributed by atoms with Crippen LogP contribution in [0.5, 0.6) is 0 Å². The van der Waals surface area contributed by atoms with Crippen LogP contribution in [0.15, 0.2) is 72.5 Å². The maximum atomic E-state index is 11.1. The lowest BCUT2D eigenvalue weighted by molar-refractivity contribution is -0.104. The molecule has 6 heteroatoms. The number of carbonyl (C=O) groups excluding carboxylic acids is 1. The van der Waals surface area contributed by atoms with Gasteiger partial charge in [-0.05, 0) is 47.4 Å². The average Bonchev–Trinajstić information content (AvgIpc) is 2.91. The van der Waals surface area contributed by atoms with Gasteiger partial charge >= 0.3 is 0 Å². The van der Waals surface area contributed by atoms with Gasteiger partial charge < -0.3 is 4.90 Å². The van der Waals surface area contributed by atoms with Gasteiger partial charge in [-0.2, -0.15) is 8.42 Å². The molecule has 2 aromatic rings. The molecule has 0 saturated heterocycles. The molecular weight excluding hydrogens is 398 g/mol. The van der Waals surface area contributed by atoms with Crippen molar-refractivity contribution in [2.24, 2.45) is 0 Å². The molecule has 1 N–H and O–H groups in total. The lowest BCUT2D eigenvalue weighted by atomic mass is 9.81. The summed E-state index contributed by atoms with van der Waals surface area (Å²) in [5.41, 5.74) is 3.22. The summed E-state index contributed by atoms with van der Waals surface area (Å²) >= 11 is 0. The van der Waals surface area contributed by atoms with Crippen LogP contribution in [-0.4, -0.2) is 31.6 Å². The van der Waals surface area contributed by atoms with Crippen molar-refractivity contribution < 1.29 is 17.8 Å². The molecular formula is C24H27NO4S. The Morgan fingerprint density at radius 1 is 1.00 bits per heavy atom. The van der Waals surface area contributed by atoms with Gasteiger partial charge in [0.1, 0.15) is 6.29 Å². The minimum absolute atomic E-state index is 0.232. The molecule has 0 spiro atoms. The molecule has 0 aromatic heterocycles. The second-order valence-electron chi connectivity index (χ2n) is 7.91. The summed E-state index contributed by atoms with van der Waals surface area (Å²) in [5.74, 6) is -0.232. The van der Waals surface area contributed by atoms with E-state index in [2.05, 4.69) is 43.0 Å². The third-order valence-electron chi connectivity index (χ3n) is 5.45. The summed E-state index contributed by atoms with van der Waals surface area (Å²) in [5, 5.41) is 2.39. The number of hydrogen-bond donors (Lipinski definition) is 1. The van der Waals surface area contributed by atoms with Crippen molar-refractivity contribution in [2.45, 2.75) is 32.1 Å². The van der Waals surface area contributed by atoms with E-state index >= 15 is 0 Å². The zero-order valence-electron chi connectivity index (χ0n) is 17.3. The second kappa shape index (κ2) is 8.98. The number of hydrogen-bond acceptors (Lipinski definition) is 4. The highest BCUT2D eigenvalue weighted by atomic mass is 32.2. The number of nitrogens with zero attached hydrogens (tertiary/aromatic N) is 1. The monoisotopic (exact) mass is 425 g/mol. The Morgan fingerprint density at radius 3 is 2.47 bits per heavy atom. The molecule has 0 fully saturated rings. The minimum Gasteiger partial charge on any atom is -0.344 e. The fraction of sp³-hybridized carbons (Fsp3) is 0.292. The molecule has 1 aliphatic rings. The molecule has 158 valence electrons. The summed E-state index contributed by atoms with van der Waals surface area (Å²) in [6.07, 6.45) is 10.7. The van der Waals surface area contributed by atoms with Crippen LogP contribution in [0.4, 0.5) is 5.69 Å². The second-order valence-corrected chi connectivity index (χ2v) is 9.48. The van der Waals surface area contributed by atoms with E-state index < -0.39 is 10.1 Å². The summed E-state index contributed by atoms with van der Waals surface area (Å²) in [7, 11) is -3.95. The van der Waals surface area contributed by atoms with E-state index in [1.54, 1.807) is 6.08 Å². The van der Waals surface area contributed by atoms with Gasteiger partial charge in [0.05, 0.1) is 5.75 Å². The van der Waals surface area contributed by atoms with Crippen molar-refractivity contribution in [2.75, 3.05) is 17.2 Å². The Bertz CT molecular complexity index is 1130. The van der Waals surface area contributed by atoms with Crippen molar-refractivity contribution >= 4 is 32.9 Å². The first-order valence-electron chi connectivity index (χ1n) is 10.00. The van der Waals surface area contributed by atoms with E-state index in [-0.39, 0.29) is 11.2 Å². The van der Waals surface area contributed by atoms with Gasteiger partial charge in [-0.25, -0.2) is 0 Å². The Labute approximate surface area is 178 Å². The third-order valence-corrected chi connectivity index (χ3v) is 6.26. The summed E-state index contributed by atoms with van der Waals surface area (Å²) in [6, 6.07) is 12.6. The maximum absolute atomic E-state index is 11.1. The van der Waals surface area contributed by atoms with Crippen molar-refractivity contribution in [1.82, 2.24) is 0 Å². The Balaban J connectivity index is 2.01. The van der Waals surface area contributed by atoms with Gasteiger partial charge in [0.2, 0.25) is 0 Å². The molecule has 30 heavy (non-hydrogen) atoms. The summed E-state index contributed by atoms with van der Waals surface area (Å²) in [4.78, 5) is 12.7. The van der Waals surface area contributed by atoms with Gasteiger partial charge in [-0.3, -0.25) is 9.35 Å². The number of fused-ring (bicyclic) bond motifs is 3. The van der Waals surface area contributed by atoms with E-state index in [1.807, 2.05) is 30.4 Å². The number of anilines is 1. The number of allylic oxidation sites excluding steroid dienone is 6. The molecule has 0 aliphatic carbocycles. The Morgan fingerprint density at radius 2 is 1.73 bits per heavy atom. The number of carbonyl (C=O) groups is 1. The van der Waals surface area contributed by atoms with Crippen LogP contribution in [0.1, 0.15) is 32.3 Å². The van der Waals surface area contributed by atoms with E-state index in [9.17, 15) is 13.2 Å². The SMILES string of the molecule is CC1(C)\C(=C/C=C/C=C/C=O)N(CCCCS(=O)(=O)O)c2ccc3ccccc3c21. The minimum atomic E-state index is -3.95. The normalized spacial score (nSPS) is 17.4. The van der Waals surface area contributed by atoms with E-state index in [0.717, 1.165) is 17.7 Å². The molecule has 0 unspecified atom stereocenters. The van der Waals surface area contributed by atoms with Gasteiger partial charge in [0, 0.05) is 23.3 Å². The first-order chi connectivity index (χ1) is 14.3. The Kier molecular flexibility index (Phi) is 6.58. The molecule has 0 bridgehead atoms. The van der Waals surface area contributed by atoms with Crippen LogP contribution in [0.25, 0.3) is 10.8 Å². The molecule has 0 amide bonds. The van der Waals surface area contributed by atoms with Gasteiger partial charge in [-0.1, -0.05) is 62.4 Å². The third kappa shape index (κ3) is 4.71. The van der Waals surface area contributed by atoms with Gasteiger partial charge in [0.25, 0.3) is 10.1 Å². The highest BCUT2D eigenvalue weighted by Gasteiger charge is 2.40. The molecule has 2 aromatic carbocycles. The van der Waals surface area contributed by atoms with E-state index in [1.165, 1.54) is 22.4 Å². The predicted octanol–water partition coefficient (Wildman–Crippen LogP) is 4.80. The molecule has 0 atom stereocenters. The standard InChI is InChI=1S/C24H27NO4S/c1-24(2)22(13-5-3-4-9-17-26)25(16-8-10-18-30(27,28)29)21-15-14-19-11-6-7-12-20(19)23(21)24/h3-7,9,11-15,17H,8,10,16,18H2,1-2H3,(H,27,28,29)/b5-3+,9-4+,22-13+. The molecule has 1 heterocycles. The molecule has 1 aliphatic heterocycles. The average molecular weight is 426 g/mol. The van der Waals surface area contributed by atoms with Crippen molar-refractivity contribution in [3.8, 4) is 0 Å². The van der Waals surface area contributed by atoms with Crippen LogP contribution in [-0.2, 0) is 20.3 Å². The number of unbranched alkanes of at least 4 members (excludes halogenated alkanes) is 1. The van der Waals surface area contributed by atoms with Crippen LogP contribution >= 0.6 is 0 Å². The fourth-order valence-electron chi connectivity index (χ4n) is 4.15. The van der Waals surface area contributed by atoms with Gasteiger partial charge in [0.15, 0.2) is 0 Å². The molecule has 0 radical (unpaired) electrons. The predicted molar refractivity (Wildman–Crippen MR) is 122 cm³/mol. The largest absolute Gasteiger partial charge is 0.344 e. The van der Waals surface area contributed by atoms with Crippen LogP contribution in [0.3, 0.4) is 0 Å².